The minimum atomic E-state index is -0.0268. The first kappa shape index (κ1) is 16.4. The topological polar surface area (TPSA) is 88.8 Å². The highest BCUT2D eigenvalue weighted by atomic mass is 16.1. The van der Waals surface area contributed by atoms with Crippen molar-refractivity contribution in [3.05, 3.63) is 42.2 Å². The van der Waals surface area contributed by atoms with Crippen LogP contribution in [0.15, 0.2) is 36.7 Å². The van der Waals surface area contributed by atoms with Crippen molar-refractivity contribution in [3.63, 3.8) is 0 Å². The Morgan fingerprint density at radius 2 is 2.12 bits per heavy atom. The van der Waals surface area contributed by atoms with Crippen LogP contribution in [0.5, 0.6) is 0 Å². The monoisotopic (exact) mass is 351 g/mol. The number of nitrogens with zero attached hydrogens (tertiary/aromatic N) is 6. The van der Waals surface area contributed by atoms with Crippen molar-refractivity contribution in [2.24, 2.45) is 13.0 Å². The van der Waals surface area contributed by atoms with Crippen molar-refractivity contribution in [2.75, 3.05) is 24.5 Å². The molecule has 3 aromatic rings. The predicted octanol–water partition coefficient (Wildman–Crippen LogP) is 1.40. The number of fused-ring (bicyclic) bond motifs is 1. The number of hydrogen-bond acceptors (Lipinski definition) is 6. The van der Waals surface area contributed by atoms with Gasteiger partial charge in [0.25, 0.3) is 5.91 Å². The molecule has 1 unspecified atom stereocenters. The zero-order valence-electron chi connectivity index (χ0n) is 14.7. The fourth-order valence-corrected chi connectivity index (χ4v) is 3.43. The summed E-state index contributed by atoms with van der Waals surface area (Å²) in [5, 5.41) is 11.3. The number of amides is 1. The SMILES string of the molecule is Cn1nnc2c(N3CCCC(CNC(=O)c4ccccc4)C3)ncnc21. The molecule has 1 amide bonds. The Kier molecular flexibility index (Phi) is 4.47. The fraction of sp³-hybridized carbons (Fsp3) is 0.389. The molecule has 134 valence electrons. The summed E-state index contributed by atoms with van der Waals surface area (Å²) in [4.78, 5) is 23.2. The minimum absolute atomic E-state index is 0.0268. The second-order valence-corrected chi connectivity index (χ2v) is 6.61. The van der Waals surface area contributed by atoms with Gasteiger partial charge in [0.1, 0.15) is 6.33 Å². The molecule has 1 aliphatic rings. The number of aromatic nitrogens is 5. The zero-order chi connectivity index (χ0) is 17.9. The van der Waals surface area contributed by atoms with Crippen LogP contribution in [0.25, 0.3) is 11.2 Å². The lowest BCUT2D eigenvalue weighted by Crippen LogP contribution is -2.41. The van der Waals surface area contributed by atoms with E-state index in [1.165, 1.54) is 0 Å². The summed E-state index contributed by atoms with van der Waals surface area (Å²) >= 11 is 0. The predicted molar refractivity (Wildman–Crippen MR) is 97.8 cm³/mol. The third kappa shape index (κ3) is 3.22. The molecule has 4 rings (SSSR count). The van der Waals surface area contributed by atoms with Gasteiger partial charge in [-0.25, -0.2) is 14.6 Å². The minimum Gasteiger partial charge on any atom is -0.354 e. The van der Waals surface area contributed by atoms with Crippen LogP contribution in [0, 0.1) is 5.92 Å². The van der Waals surface area contributed by atoms with E-state index in [1.807, 2.05) is 37.4 Å². The van der Waals surface area contributed by atoms with Gasteiger partial charge in [0.2, 0.25) is 0 Å². The molecule has 0 radical (unpaired) electrons. The molecule has 8 heteroatoms. The number of rotatable bonds is 4. The van der Waals surface area contributed by atoms with E-state index in [2.05, 4.69) is 30.5 Å². The Balaban J connectivity index is 1.43. The van der Waals surface area contributed by atoms with Crippen molar-refractivity contribution in [2.45, 2.75) is 12.8 Å². The molecule has 0 spiro atoms. The number of hydrogen-bond donors (Lipinski definition) is 1. The van der Waals surface area contributed by atoms with E-state index in [4.69, 9.17) is 0 Å². The Labute approximate surface area is 151 Å². The zero-order valence-corrected chi connectivity index (χ0v) is 14.7. The van der Waals surface area contributed by atoms with E-state index in [0.717, 1.165) is 42.9 Å². The first-order valence-electron chi connectivity index (χ1n) is 8.81. The summed E-state index contributed by atoms with van der Waals surface area (Å²) in [5.74, 6) is 1.17. The average Bonchev–Trinajstić information content (AvgIpc) is 3.08. The van der Waals surface area contributed by atoms with Gasteiger partial charge in [-0.3, -0.25) is 4.79 Å². The summed E-state index contributed by atoms with van der Waals surface area (Å²) in [7, 11) is 1.82. The van der Waals surface area contributed by atoms with E-state index in [0.29, 0.717) is 18.0 Å². The van der Waals surface area contributed by atoms with Crippen LogP contribution in [0.3, 0.4) is 0 Å². The second kappa shape index (κ2) is 7.07. The normalized spacial score (nSPS) is 17.4. The fourth-order valence-electron chi connectivity index (χ4n) is 3.43. The molecule has 2 aromatic heterocycles. The van der Waals surface area contributed by atoms with Crippen LogP contribution in [-0.4, -0.2) is 50.5 Å². The van der Waals surface area contributed by atoms with Crippen LogP contribution in [-0.2, 0) is 7.05 Å². The molecule has 26 heavy (non-hydrogen) atoms. The van der Waals surface area contributed by atoms with Crippen LogP contribution < -0.4 is 10.2 Å². The van der Waals surface area contributed by atoms with E-state index in [-0.39, 0.29) is 5.91 Å². The van der Waals surface area contributed by atoms with E-state index in [1.54, 1.807) is 11.0 Å². The number of nitrogens with one attached hydrogen (secondary N) is 1. The lowest BCUT2D eigenvalue weighted by Gasteiger charge is -2.33. The van der Waals surface area contributed by atoms with Crippen LogP contribution in [0.2, 0.25) is 0 Å². The molecule has 0 saturated carbocycles. The maximum Gasteiger partial charge on any atom is 0.251 e. The average molecular weight is 351 g/mol. The van der Waals surface area contributed by atoms with Gasteiger partial charge >= 0.3 is 0 Å². The molecule has 0 bridgehead atoms. The smallest absolute Gasteiger partial charge is 0.251 e. The van der Waals surface area contributed by atoms with E-state index in [9.17, 15) is 4.79 Å². The number of carbonyl (C=O) groups is 1. The Morgan fingerprint density at radius 1 is 1.27 bits per heavy atom. The first-order valence-corrected chi connectivity index (χ1v) is 8.81. The number of benzene rings is 1. The summed E-state index contributed by atoms with van der Waals surface area (Å²) in [6.45, 7) is 2.41. The van der Waals surface area contributed by atoms with Gasteiger partial charge in [-0.1, -0.05) is 23.4 Å². The molecule has 1 aromatic carbocycles. The van der Waals surface area contributed by atoms with Gasteiger partial charge in [0, 0.05) is 32.2 Å². The number of carbonyl (C=O) groups excluding carboxylic acids is 1. The van der Waals surface area contributed by atoms with Crippen molar-refractivity contribution >= 4 is 22.9 Å². The number of aryl methyl sites for hydroxylation is 1. The van der Waals surface area contributed by atoms with E-state index < -0.39 is 0 Å². The van der Waals surface area contributed by atoms with Crippen LogP contribution >= 0.6 is 0 Å². The molecule has 3 heterocycles. The standard InChI is InChI=1S/C18H21N7O/c1-24-16-15(22-23-24)17(21-12-20-16)25-9-5-6-13(11-25)10-19-18(26)14-7-3-2-4-8-14/h2-4,7-8,12-13H,5-6,9-11H2,1H3,(H,19,26). The molecule has 8 nitrogen and oxygen atoms in total. The summed E-state index contributed by atoms with van der Waals surface area (Å²) in [5.41, 5.74) is 2.15. The number of piperidine rings is 1. The largest absolute Gasteiger partial charge is 0.354 e. The highest BCUT2D eigenvalue weighted by Gasteiger charge is 2.24. The van der Waals surface area contributed by atoms with Gasteiger partial charge in [-0.05, 0) is 30.9 Å². The molecule has 1 atom stereocenters. The van der Waals surface area contributed by atoms with Gasteiger partial charge < -0.3 is 10.2 Å². The lowest BCUT2D eigenvalue weighted by molar-refractivity contribution is 0.0945. The van der Waals surface area contributed by atoms with Crippen molar-refractivity contribution < 1.29 is 4.79 Å². The van der Waals surface area contributed by atoms with Gasteiger partial charge in [0.05, 0.1) is 0 Å². The molecule has 1 saturated heterocycles. The van der Waals surface area contributed by atoms with Crippen molar-refractivity contribution in [1.82, 2.24) is 30.3 Å². The number of anilines is 1. The first-order chi connectivity index (χ1) is 12.7. The van der Waals surface area contributed by atoms with Crippen molar-refractivity contribution in [1.29, 1.82) is 0 Å². The van der Waals surface area contributed by atoms with Crippen molar-refractivity contribution in [3.8, 4) is 0 Å². The molecular weight excluding hydrogens is 330 g/mol. The Hall–Kier alpha value is -3.03. The van der Waals surface area contributed by atoms with Gasteiger partial charge in [-0.15, -0.1) is 5.10 Å². The quantitative estimate of drug-likeness (QED) is 0.764. The van der Waals surface area contributed by atoms with Crippen LogP contribution in [0.4, 0.5) is 5.82 Å². The second-order valence-electron chi connectivity index (χ2n) is 6.61. The summed E-state index contributed by atoms with van der Waals surface area (Å²) in [6, 6.07) is 9.31. The van der Waals surface area contributed by atoms with Gasteiger partial charge in [-0.2, -0.15) is 0 Å². The molecule has 1 N–H and O–H groups in total. The van der Waals surface area contributed by atoms with Gasteiger partial charge in [0.15, 0.2) is 17.0 Å². The van der Waals surface area contributed by atoms with E-state index >= 15 is 0 Å². The molecule has 1 aliphatic heterocycles. The third-order valence-corrected chi connectivity index (χ3v) is 4.77. The third-order valence-electron chi connectivity index (χ3n) is 4.77. The Bertz CT molecular complexity index is 908. The maximum absolute atomic E-state index is 12.3. The Morgan fingerprint density at radius 3 is 2.96 bits per heavy atom. The highest BCUT2D eigenvalue weighted by Crippen LogP contribution is 2.25. The molecule has 1 fully saturated rings. The summed E-state index contributed by atoms with van der Waals surface area (Å²) in [6.07, 6.45) is 3.69. The highest BCUT2D eigenvalue weighted by molar-refractivity contribution is 5.94. The molecule has 0 aliphatic carbocycles. The maximum atomic E-state index is 12.3. The lowest BCUT2D eigenvalue weighted by atomic mass is 9.97. The van der Waals surface area contributed by atoms with Crippen LogP contribution in [0.1, 0.15) is 23.2 Å². The molecular formula is C18H21N7O. The summed E-state index contributed by atoms with van der Waals surface area (Å²) < 4.78 is 1.65.